The number of benzene rings is 2. The zero-order chi connectivity index (χ0) is 20.2. The summed E-state index contributed by atoms with van der Waals surface area (Å²) >= 11 is 0. The molecule has 0 N–H and O–H groups in total. The molecular weight excluding hydrogens is 405 g/mol. The van der Waals surface area contributed by atoms with Crippen molar-refractivity contribution < 1.29 is 9.13 Å². The Balaban J connectivity index is 0.00000256. The van der Waals surface area contributed by atoms with Gasteiger partial charge in [0.2, 0.25) is 0 Å². The summed E-state index contributed by atoms with van der Waals surface area (Å²) in [5.41, 5.74) is 1.80. The van der Waals surface area contributed by atoms with E-state index < -0.39 is 0 Å². The number of ether oxygens (including phenoxy) is 1. The van der Waals surface area contributed by atoms with E-state index in [1.165, 1.54) is 12.1 Å². The summed E-state index contributed by atoms with van der Waals surface area (Å²) in [7, 11) is 1.72. The van der Waals surface area contributed by atoms with Gasteiger partial charge in [-0.3, -0.25) is 4.79 Å². The molecule has 3 aromatic rings. The van der Waals surface area contributed by atoms with Crippen molar-refractivity contribution >= 4 is 23.2 Å². The largest absolute Gasteiger partial charge is 0.383 e. The molecule has 0 radical (unpaired) electrons. The van der Waals surface area contributed by atoms with E-state index in [-0.39, 0.29) is 29.8 Å². The van der Waals surface area contributed by atoms with E-state index in [9.17, 15) is 9.18 Å². The van der Waals surface area contributed by atoms with Gasteiger partial charge in [0.25, 0.3) is 5.56 Å². The molecule has 5 nitrogen and oxygen atoms in total. The van der Waals surface area contributed by atoms with Crippen molar-refractivity contribution in [2.24, 2.45) is 0 Å². The molecule has 1 aromatic heterocycles. The Hall–Kier alpha value is -2.28. The molecule has 2 heterocycles. The van der Waals surface area contributed by atoms with Crippen LogP contribution < -0.4 is 5.56 Å². The fourth-order valence-electron chi connectivity index (χ4n) is 4.06. The Bertz CT molecular complexity index is 1030. The fraction of sp³-hybridized carbons (Fsp3) is 0.391. The maximum Gasteiger partial charge on any atom is 0.274 e. The molecule has 7 heteroatoms. The summed E-state index contributed by atoms with van der Waals surface area (Å²) in [4.78, 5) is 15.5. The lowest BCUT2D eigenvalue weighted by Crippen LogP contribution is -2.40. The molecule has 30 heavy (non-hydrogen) atoms. The minimum Gasteiger partial charge on any atom is -0.383 e. The summed E-state index contributed by atoms with van der Waals surface area (Å²) in [5, 5.41) is 6.36. The highest BCUT2D eigenvalue weighted by Crippen LogP contribution is 2.23. The van der Waals surface area contributed by atoms with Crippen LogP contribution >= 0.6 is 12.4 Å². The molecule has 1 aliphatic rings. The third kappa shape index (κ3) is 4.89. The quantitative estimate of drug-likeness (QED) is 0.595. The number of halogens is 2. The monoisotopic (exact) mass is 431 g/mol. The van der Waals surface area contributed by atoms with Crippen LogP contribution in [0.5, 0.6) is 0 Å². The molecule has 1 saturated heterocycles. The van der Waals surface area contributed by atoms with Crippen molar-refractivity contribution in [1.82, 2.24) is 14.7 Å². The lowest BCUT2D eigenvalue weighted by atomic mass is 10.0. The molecule has 0 aliphatic carbocycles. The van der Waals surface area contributed by atoms with Crippen molar-refractivity contribution in [2.75, 3.05) is 33.4 Å². The molecule has 160 valence electrons. The second-order valence-corrected chi connectivity index (χ2v) is 7.61. The van der Waals surface area contributed by atoms with Crippen LogP contribution in [0.4, 0.5) is 4.39 Å². The number of hydrogen-bond acceptors (Lipinski definition) is 4. The van der Waals surface area contributed by atoms with Crippen molar-refractivity contribution in [1.29, 1.82) is 0 Å². The lowest BCUT2D eigenvalue weighted by Gasteiger charge is -2.32. The van der Waals surface area contributed by atoms with Gasteiger partial charge in [0, 0.05) is 38.6 Å². The molecule has 0 unspecified atom stereocenters. The van der Waals surface area contributed by atoms with Gasteiger partial charge in [0.15, 0.2) is 0 Å². The summed E-state index contributed by atoms with van der Waals surface area (Å²) < 4.78 is 20.1. The first-order chi connectivity index (χ1) is 14.2. The Labute approximate surface area is 181 Å². The number of fused-ring (bicyclic) bond motifs is 1. The van der Waals surface area contributed by atoms with E-state index in [0.29, 0.717) is 11.8 Å². The average Bonchev–Trinajstić information content (AvgIpc) is 2.76. The van der Waals surface area contributed by atoms with E-state index >= 15 is 0 Å². The molecule has 0 bridgehead atoms. The molecule has 0 amide bonds. The van der Waals surface area contributed by atoms with E-state index in [2.05, 4.69) is 4.90 Å². The molecule has 0 saturated carbocycles. The number of methoxy groups -OCH3 is 1. The Morgan fingerprint density at radius 2 is 1.73 bits per heavy atom. The van der Waals surface area contributed by atoms with Gasteiger partial charge in [-0.15, -0.1) is 12.4 Å². The molecule has 0 spiro atoms. The second kappa shape index (κ2) is 10.2. The minimum absolute atomic E-state index is 0. The summed E-state index contributed by atoms with van der Waals surface area (Å²) in [6, 6.07) is 14.2. The van der Waals surface area contributed by atoms with E-state index in [0.717, 1.165) is 55.7 Å². The number of hydrogen-bond donors (Lipinski definition) is 0. The summed E-state index contributed by atoms with van der Waals surface area (Å²) in [6.07, 6.45) is 2.35. The Morgan fingerprint density at radius 3 is 2.40 bits per heavy atom. The predicted octanol–water partition coefficient (Wildman–Crippen LogP) is 3.83. The topological polar surface area (TPSA) is 47.4 Å². The minimum atomic E-state index is -0.253. The maximum absolute atomic E-state index is 13.3. The lowest BCUT2D eigenvalue weighted by molar-refractivity contribution is 0.118. The van der Waals surface area contributed by atoms with Crippen molar-refractivity contribution in [3.8, 4) is 0 Å². The van der Waals surface area contributed by atoms with Crippen molar-refractivity contribution in [3.63, 3.8) is 0 Å². The third-order valence-electron chi connectivity index (χ3n) is 5.70. The smallest absolute Gasteiger partial charge is 0.274 e. The van der Waals surface area contributed by atoms with Crippen LogP contribution in [0.1, 0.15) is 30.1 Å². The van der Waals surface area contributed by atoms with E-state index in [1.54, 1.807) is 23.9 Å². The first-order valence-corrected chi connectivity index (χ1v) is 10.1. The van der Waals surface area contributed by atoms with Crippen molar-refractivity contribution in [3.05, 3.63) is 76.0 Å². The van der Waals surface area contributed by atoms with Crippen molar-refractivity contribution in [2.45, 2.75) is 25.3 Å². The van der Waals surface area contributed by atoms with Crippen LogP contribution in [-0.4, -0.2) is 48.0 Å². The van der Waals surface area contributed by atoms with Gasteiger partial charge in [-0.2, -0.15) is 5.10 Å². The normalized spacial score (nSPS) is 15.3. The maximum atomic E-state index is 13.3. The number of aromatic nitrogens is 2. The van der Waals surface area contributed by atoms with Gasteiger partial charge in [-0.05, 0) is 36.6 Å². The number of nitrogens with zero attached hydrogens (tertiary/aromatic N) is 3. The Morgan fingerprint density at radius 1 is 1.07 bits per heavy atom. The molecule has 0 atom stereocenters. The third-order valence-corrected chi connectivity index (χ3v) is 5.70. The molecule has 4 rings (SSSR count). The van der Waals surface area contributed by atoms with Gasteiger partial charge in [-0.1, -0.05) is 30.3 Å². The zero-order valence-corrected chi connectivity index (χ0v) is 17.9. The van der Waals surface area contributed by atoms with Gasteiger partial charge in [0.1, 0.15) is 5.82 Å². The zero-order valence-electron chi connectivity index (χ0n) is 17.1. The van der Waals surface area contributed by atoms with Gasteiger partial charge in [-0.25, -0.2) is 9.07 Å². The number of piperidine rings is 1. The Kier molecular flexibility index (Phi) is 7.58. The van der Waals surface area contributed by atoms with E-state index in [1.807, 2.05) is 24.3 Å². The van der Waals surface area contributed by atoms with Gasteiger partial charge in [0.05, 0.1) is 23.7 Å². The fourth-order valence-corrected chi connectivity index (χ4v) is 4.06. The second-order valence-electron chi connectivity index (χ2n) is 7.61. The number of rotatable bonds is 6. The molecule has 1 fully saturated rings. The highest BCUT2D eigenvalue weighted by atomic mass is 35.5. The highest BCUT2D eigenvalue weighted by Gasteiger charge is 2.23. The van der Waals surface area contributed by atoms with Gasteiger partial charge >= 0.3 is 0 Å². The summed E-state index contributed by atoms with van der Waals surface area (Å²) in [5.74, 6) is -0.253. The van der Waals surface area contributed by atoms with Crippen LogP contribution in [0.3, 0.4) is 0 Å². The standard InChI is InChI=1S/C23H26FN3O2.ClH/c1-29-15-14-26-12-10-19(11-13-26)27-23(28)21-5-3-2-4-20(21)22(25-27)16-17-6-8-18(24)9-7-17;/h2-9,19H,10-16H2,1H3;1H. The van der Waals surface area contributed by atoms with E-state index in [4.69, 9.17) is 9.84 Å². The SMILES string of the molecule is COCCN1CCC(n2nc(Cc3ccc(F)cc3)c3ccccc3c2=O)CC1.Cl. The molecule has 2 aromatic carbocycles. The molecular formula is C23H27ClFN3O2. The predicted molar refractivity (Wildman–Crippen MR) is 119 cm³/mol. The van der Waals surface area contributed by atoms with Crippen LogP contribution in [0.25, 0.3) is 10.8 Å². The highest BCUT2D eigenvalue weighted by molar-refractivity contribution is 5.85. The molecule has 1 aliphatic heterocycles. The number of likely N-dealkylation sites (tertiary alicyclic amines) is 1. The first-order valence-electron chi connectivity index (χ1n) is 10.1. The van der Waals surface area contributed by atoms with Crippen LogP contribution in [0.15, 0.2) is 53.3 Å². The van der Waals surface area contributed by atoms with Crippen LogP contribution in [0.2, 0.25) is 0 Å². The van der Waals surface area contributed by atoms with Gasteiger partial charge < -0.3 is 9.64 Å². The van der Waals surface area contributed by atoms with Crippen LogP contribution in [-0.2, 0) is 11.2 Å². The van der Waals surface area contributed by atoms with Crippen LogP contribution in [0, 0.1) is 5.82 Å². The summed E-state index contributed by atoms with van der Waals surface area (Å²) in [6.45, 7) is 3.50. The first kappa shape index (κ1) is 22.4. The average molecular weight is 432 g/mol.